The zero-order chi connectivity index (χ0) is 16.4. The summed E-state index contributed by atoms with van der Waals surface area (Å²) in [5, 5.41) is 3.19. The molecule has 0 spiro atoms. The highest BCUT2D eigenvalue weighted by Gasteiger charge is 2.12. The first-order chi connectivity index (χ1) is 10.9. The van der Waals surface area contributed by atoms with Crippen molar-refractivity contribution >= 4 is 42.4 Å². The molecule has 0 aliphatic carbocycles. The third kappa shape index (κ3) is 3.72. The van der Waals surface area contributed by atoms with Gasteiger partial charge in [0, 0.05) is 18.6 Å². The maximum Gasteiger partial charge on any atom is 0.230 e. The number of nitrogens with zero attached hydrogens (tertiary/aromatic N) is 2. The van der Waals surface area contributed by atoms with E-state index in [1.165, 1.54) is 17.4 Å². The fourth-order valence-corrected chi connectivity index (χ4v) is 3.68. The number of carbonyl (C=O) groups is 1. The van der Waals surface area contributed by atoms with Gasteiger partial charge in [-0.1, -0.05) is 11.3 Å². The Morgan fingerprint density at radius 2 is 1.96 bits per heavy atom. The van der Waals surface area contributed by atoms with Crippen LogP contribution in [0.2, 0.25) is 0 Å². The second kappa shape index (κ2) is 6.05. The Hall–Kier alpha value is -2.32. The van der Waals surface area contributed by atoms with Crippen LogP contribution in [0.1, 0.15) is 5.56 Å². The first kappa shape index (κ1) is 15.6. The van der Waals surface area contributed by atoms with E-state index < -0.39 is 9.84 Å². The van der Waals surface area contributed by atoms with Crippen LogP contribution in [0.5, 0.6) is 0 Å². The van der Waals surface area contributed by atoms with Crippen LogP contribution in [-0.4, -0.2) is 30.5 Å². The van der Waals surface area contributed by atoms with E-state index in [0.717, 1.165) is 11.8 Å². The lowest BCUT2D eigenvalue weighted by atomic mass is 10.2. The lowest BCUT2D eigenvalue weighted by Crippen LogP contribution is -2.14. The van der Waals surface area contributed by atoms with Gasteiger partial charge in [-0.15, -0.1) is 0 Å². The number of hydrogen-bond donors (Lipinski definition) is 1. The summed E-state index contributed by atoms with van der Waals surface area (Å²) in [6.45, 7) is 0. The van der Waals surface area contributed by atoms with Crippen molar-refractivity contribution < 1.29 is 13.2 Å². The summed E-state index contributed by atoms with van der Waals surface area (Å²) in [5.74, 6) is -0.182. The lowest BCUT2D eigenvalue weighted by molar-refractivity contribution is -0.115. The summed E-state index contributed by atoms with van der Waals surface area (Å²) in [4.78, 5) is 20.5. The molecule has 0 aliphatic rings. The maximum absolute atomic E-state index is 12.0. The Kier molecular flexibility index (Phi) is 4.10. The molecule has 0 aliphatic heterocycles. The summed E-state index contributed by atoms with van der Waals surface area (Å²) in [6, 6.07) is 8.27. The van der Waals surface area contributed by atoms with Crippen molar-refractivity contribution in [3.8, 4) is 0 Å². The molecule has 0 saturated carbocycles. The molecular formula is C15H13N3O3S2. The second-order valence-corrected chi connectivity index (χ2v) is 8.05. The molecule has 8 heteroatoms. The number of aromatic nitrogens is 2. The third-order valence-corrected chi connectivity index (χ3v) is 5.19. The van der Waals surface area contributed by atoms with Gasteiger partial charge in [0.05, 0.1) is 21.5 Å². The normalized spacial score (nSPS) is 11.5. The van der Waals surface area contributed by atoms with Crippen LogP contribution in [0.25, 0.3) is 10.2 Å². The maximum atomic E-state index is 12.0. The minimum absolute atomic E-state index is 0.182. The number of pyridine rings is 1. The van der Waals surface area contributed by atoms with Gasteiger partial charge in [-0.05, 0) is 35.9 Å². The van der Waals surface area contributed by atoms with Gasteiger partial charge in [0.15, 0.2) is 15.0 Å². The van der Waals surface area contributed by atoms with E-state index in [-0.39, 0.29) is 17.2 Å². The van der Waals surface area contributed by atoms with Crippen molar-refractivity contribution in [1.82, 2.24) is 9.97 Å². The standard InChI is InChI=1S/C15H13N3O3S2/c1-23(20,21)11-2-3-12-13(9-11)22-15(17-12)18-14(19)8-10-4-6-16-7-5-10/h2-7,9H,8H2,1H3,(H,17,18,19). The van der Waals surface area contributed by atoms with Gasteiger partial charge >= 0.3 is 0 Å². The van der Waals surface area contributed by atoms with Crippen LogP contribution in [-0.2, 0) is 21.1 Å². The van der Waals surface area contributed by atoms with Gasteiger partial charge in [-0.2, -0.15) is 0 Å². The van der Waals surface area contributed by atoms with Gasteiger partial charge < -0.3 is 5.32 Å². The average molecular weight is 347 g/mol. The third-order valence-electron chi connectivity index (χ3n) is 3.15. The smallest absolute Gasteiger partial charge is 0.230 e. The van der Waals surface area contributed by atoms with Crippen molar-refractivity contribution in [1.29, 1.82) is 0 Å². The van der Waals surface area contributed by atoms with E-state index in [1.807, 2.05) is 0 Å². The quantitative estimate of drug-likeness (QED) is 0.782. The van der Waals surface area contributed by atoms with E-state index in [0.29, 0.717) is 15.3 Å². The number of amides is 1. The SMILES string of the molecule is CS(=O)(=O)c1ccc2nc(NC(=O)Cc3ccncc3)sc2c1. The molecule has 3 rings (SSSR count). The van der Waals surface area contributed by atoms with Crippen molar-refractivity contribution in [2.75, 3.05) is 11.6 Å². The number of hydrogen-bond acceptors (Lipinski definition) is 6. The molecule has 1 aromatic carbocycles. The molecule has 3 aromatic rings. The van der Waals surface area contributed by atoms with E-state index in [9.17, 15) is 13.2 Å². The van der Waals surface area contributed by atoms with Crippen molar-refractivity contribution in [2.45, 2.75) is 11.3 Å². The highest BCUT2D eigenvalue weighted by Crippen LogP contribution is 2.28. The van der Waals surface area contributed by atoms with Crippen LogP contribution >= 0.6 is 11.3 Å². The van der Waals surface area contributed by atoms with Crippen molar-refractivity contribution in [3.05, 3.63) is 48.3 Å². The van der Waals surface area contributed by atoms with E-state index in [4.69, 9.17) is 0 Å². The van der Waals surface area contributed by atoms with E-state index in [2.05, 4.69) is 15.3 Å². The summed E-state index contributed by atoms with van der Waals surface area (Å²) in [5.41, 5.74) is 1.51. The van der Waals surface area contributed by atoms with E-state index in [1.54, 1.807) is 36.7 Å². The van der Waals surface area contributed by atoms with E-state index >= 15 is 0 Å². The molecule has 0 fully saturated rings. The highest BCUT2D eigenvalue weighted by molar-refractivity contribution is 7.90. The molecule has 6 nitrogen and oxygen atoms in total. The molecule has 0 saturated heterocycles. The number of carbonyl (C=O) groups excluding carboxylic acids is 1. The van der Waals surface area contributed by atoms with Gasteiger partial charge in [-0.25, -0.2) is 13.4 Å². The molecule has 0 unspecified atom stereocenters. The number of sulfone groups is 1. The molecule has 0 radical (unpaired) electrons. The zero-order valence-electron chi connectivity index (χ0n) is 12.2. The molecule has 1 N–H and O–H groups in total. The highest BCUT2D eigenvalue weighted by atomic mass is 32.2. The summed E-state index contributed by atoms with van der Waals surface area (Å²) in [7, 11) is -3.26. The lowest BCUT2D eigenvalue weighted by Gasteiger charge is -2.00. The van der Waals surface area contributed by atoms with Gasteiger partial charge in [0.25, 0.3) is 0 Å². The van der Waals surface area contributed by atoms with Crippen LogP contribution in [0.15, 0.2) is 47.6 Å². The Balaban J connectivity index is 1.79. The number of rotatable bonds is 4. The van der Waals surface area contributed by atoms with Crippen LogP contribution in [0.4, 0.5) is 5.13 Å². The number of benzene rings is 1. The van der Waals surface area contributed by atoms with Gasteiger partial charge in [0.1, 0.15) is 0 Å². The number of fused-ring (bicyclic) bond motifs is 1. The fourth-order valence-electron chi connectivity index (χ4n) is 2.04. The van der Waals surface area contributed by atoms with Crippen LogP contribution in [0, 0.1) is 0 Å². The first-order valence-corrected chi connectivity index (χ1v) is 9.42. The topological polar surface area (TPSA) is 89.0 Å². The molecule has 118 valence electrons. The average Bonchev–Trinajstić information content (AvgIpc) is 2.88. The molecule has 2 heterocycles. The molecule has 0 atom stereocenters. The van der Waals surface area contributed by atoms with Crippen LogP contribution in [0.3, 0.4) is 0 Å². The Morgan fingerprint density at radius 3 is 2.65 bits per heavy atom. The molecule has 23 heavy (non-hydrogen) atoms. The fraction of sp³-hybridized carbons (Fsp3) is 0.133. The number of anilines is 1. The molecule has 0 bridgehead atoms. The van der Waals surface area contributed by atoms with Gasteiger partial charge in [-0.3, -0.25) is 9.78 Å². The van der Waals surface area contributed by atoms with Crippen molar-refractivity contribution in [3.63, 3.8) is 0 Å². The molecule has 2 aromatic heterocycles. The predicted molar refractivity (Wildman–Crippen MR) is 89.3 cm³/mol. The zero-order valence-corrected chi connectivity index (χ0v) is 13.8. The first-order valence-electron chi connectivity index (χ1n) is 6.71. The number of nitrogens with one attached hydrogen (secondary N) is 1. The predicted octanol–water partition coefficient (Wildman–Crippen LogP) is 2.28. The minimum atomic E-state index is -3.26. The van der Waals surface area contributed by atoms with Crippen LogP contribution < -0.4 is 5.32 Å². The monoisotopic (exact) mass is 347 g/mol. The Morgan fingerprint density at radius 1 is 1.22 bits per heavy atom. The van der Waals surface area contributed by atoms with Crippen molar-refractivity contribution in [2.24, 2.45) is 0 Å². The largest absolute Gasteiger partial charge is 0.302 e. The summed E-state index contributed by atoms with van der Waals surface area (Å²) in [6.07, 6.45) is 4.65. The van der Waals surface area contributed by atoms with Gasteiger partial charge in [0.2, 0.25) is 5.91 Å². The second-order valence-electron chi connectivity index (χ2n) is 5.00. The number of thiazole rings is 1. The Bertz CT molecular complexity index is 966. The summed E-state index contributed by atoms with van der Waals surface area (Å²) < 4.78 is 23.9. The molecule has 1 amide bonds. The Labute approximate surface area is 137 Å². The minimum Gasteiger partial charge on any atom is -0.302 e. The summed E-state index contributed by atoms with van der Waals surface area (Å²) >= 11 is 1.25. The molecular weight excluding hydrogens is 334 g/mol.